The molecule has 0 aliphatic carbocycles. The second kappa shape index (κ2) is 9.61. The zero-order chi connectivity index (χ0) is 26.1. The van der Waals surface area contributed by atoms with Gasteiger partial charge in [-0.15, -0.1) is 0 Å². The van der Waals surface area contributed by atoms with Gasteiger partial charge in [0.15, 0.2) is 0 Å². The molecule has 0 aromatic heterocycles. The van der Waals surface area contributed by atoms with Gasteiger partial charge < -0.3 is 0 Å². The highest BCUT2D eigenvalue weighted by Crippen LogP contribution is 2.38. The van der Waals surface area contributed by atoms with Gasteiger partial charge in [0.2, 0.25) is 5.91 Å². The highest BCUT2D eigenvalue weighted by atomic mass is 32.3. The van der Waals surface area contributed by atoms with E-state index >= 15 is 0 Å². The van der Waals surface area contributed by atoms with Crippen LogP contribution in [0.4, 0.5) is 0 Å². The van der Waals surface area contributed by atoms with Crippen LogP contribution in [-0.4, -0.2) is 50.3 Å². The Morgan fingerprint density at radius 1 is 0.750 bits per heavy atom. The van der Waals surface area contributed by atoms with Crippen molar-refractivity contribution in [2.45, 2.75) is 35.5 Å². The van der Waals surface area contributed by atoms with E-state index in [1.807, 2.05) is 6.92 Å². The lowest BCUT2D eigenvalue weighted by molar-refractivity contribution is -0.135. The van der Waals surface area contributed by atoms with Crippen LogP contribution in [-0.2, 0) is 30.3 Å². The first kappa shape index (κ1) is 25.7. The molecule has 2 amide bonds. The third-order valence-electron chi connectivity index (χ3n) is 6.23. The van der Waals surface area contributed by atoms with E-state index in [-0.39, 0.29) is 27.5 Å². The fourth-order valence-electron chi connectivity index (χ4n) is 4.36. The number of imide groups is 1. The average molecular weight is 527 g/mol. The van der Waals surface area contributed by atoms with E-state index in [1.54, 1.807) is 36.4 Å². The molecule has 0 spiro atoms. The summed E-state index contributed by atoms with van der Waals surface area (Å²) >= 11 is 0. The lowest BCUT2D eigenvalue weighted by Gasteiger charge is -2.41. The number of carbonyl (C=O) groups excluding carboxylic acids is 2. The number of benzene rings is 3. The number of carbonyl (C=O) groups is 2. The predicted octanol–water partition coefficient (Wildman–Crippen LogP) is 3.42. The third kappa shape index (κ3) is 4.25. The zero-order valence-electron chi connectivity index (χ0n) is 19.9. The molecule has 3 aromatic rings. The van der Waals surface area contributed by atoms with Gasteiger partial charge in [0.25, 0.3) is 26.0 Å². The molecule has 0 radical (unpaired) electrons. The molecule has 0 saturated heterocycles. The van der Waals surface area contributed by atoms with Crippen molar-refractivity contribution < 1.29 is 26.4 Å². The van der Waals surface area contributed by atoms with Crippen LogP contribution >= 0.6 is 0 Å². The molecule has 188 valence electrons. The van der Waals surface area contributed by atoms with Crippen molar-refractivity contribution in [1.82, 2.24) is 8.61 Å². The highest BCUT2D eigenvalue weighted by molar-refractivity contribution is 8.04. The monoisotopic (exact) mass is 526 g/mol. The van der Waals surface area contributed by atoms with Crippen molar-refractivity contribution >= 4 is 31.9 Å². The van der Waals surface area contributed by atoms with E-state index in [2.05, 4.69) is 0 Å². The van der Waals surface area contributed by atoms with E-state index in [0.29, 0.717) is 10.1 Å². The molecule has 4 rings (SSSR count). The summed E-state index contributed by atoms with van der Waals surface area (Å²) in [4.78, 5) is 27.5. The normalized spacial score (nSPS) is 18.4. The van der Waals surface area contributed by atoms with Crippen molar-refractivity contribution in [1.29, 1.82) is 0 Å². The van der Waals surface area contributed by atoms with Crippen molar-refractivity contribution in [2.75, 3.05) is 13.1 Å². The molecule has 1 atom stereocenters. The van der Waals surface area contributed by atoms with Crippen LogP contribution in [0.15, 0.2) is 94.7 Å². The zero-order valence-corrected chi connectivity index (χ0v) is 21.5. The Morgan fingerprint density at radius 2 is 1.22 bits per heavy atom. The summed E-state index contributed by atoms with van der Waals surface area (Å²) in [6, 6.07) is 20.8. The Labute approximate surface area is 211 Å². The van der Waals surface area contributed by atoms with Crippen LogP contribution in [0.3, 0.4) is 0 Å². The van der Waals surface area contributed by atoms with E-state index in [0.717, 1.165) is 4.90 Å². The Hall–Kier alpha value is -3.34. The van der Waals surface area contributed by atoms with Crippen molar-refractivity contribution in [3.8, 4) is 0 Å². The standard InChI is InChI=1S/C26H26N2O6S2/c1-3-18-27-24(29)22-16-10-11-17-23(22)26(2,25(27)30)19-28(35(31,32)20-12-6-4-7-13-20)36(33,34)21-14-8-5-9-15-21/h4-17H,3,18-19H2,1-2H3. The van der Waals surface area contributed by atoms with Gasteiger partial charge in [-0.05, 0) is 49.2 Å². The number of amides is 2. The number of sulfonamides is 2. The molecular formula is C26H26N2O6S2. The number of hydrogen-bond donors (Lipinski definition) is 0. The Balaban J connectivity index is 1.95. The van der Waals surface area contributed by atoms with Crippen LogP contribution in [0.5, 0.6) is 0 Å². The van der Waals surface area contributed by atoms with Crippen LogP contribution in [0.25, 0.3) is 0 Å². The lowest BCUT2D eigenvalue weighted by Crippen LogP contribution is -2.58. The minimum atomic E-state index is -4.62. The van der Waals surface area contributed by atoms with Crippen molar-refractivity contribution in [3.05, 3.63) is 96.1 Å². The SMILES string of the molecule is CCCN1C(=O)c2ccccc2C(C)(CN(S(=O)(=O)c2ccccc2)S(=O)(=O)c2ccccc2)C1=O. The predicted molar refractivity (Wildman–Crippen MR) is 134 cm³/mol. The molecule has 1 heterocycles. The second-order valence-electron chi connectivity index (χ2n) is 8.71. The second-order valence-corrected chi connectivity index (χ2v) is 12.7. The Morgan fingerprint density at radius 3 is 1.72 bits per heavy atom. The molecule has 0 bridgehead atoms. The molecule has 1 aliphatic heterocycles. The molecule has 0 saturated carbocycles. The van der Waals surface area contributed by atoms with Gasteiger partial charge in [-0.2, -0.15) is 0 Å². The van der Waals surface area contributed by atoms with Gasteiger partial charge in [-0.3, -0.25) is 14.5 Å². The number of hydrogen-bond acceptors (Lipinski definition) is 6. The summed E-state index contributed by atoms with van der Waals surface area (Å²) in [5.41, 5.74) is -1.13. The number of nitrogens with zero attached hydrogens (tertiary/aromatic N) is 2. The van der Waals surface area contributed by atoms with E-state index in [9.17, 15) is 26.4 Å². The van der Waals surface area contributed by atoms with Crippen LogP contribution in [0.1, 0.15) is 36.2 Å². The summed E-state index contributed by atoms with van der Waals surface area (Å²) in [6.45, 7) is 2.70. The van der Waals surface area contributed by atoms with Crippen molar-refractivity contribution in [3.63, 3.8) is 0 Å². The molecular weight excluding hydrogens is 500 g/mol. The van der Waals surface area contributed by atoms with Gasteiger partial charge in [0, 0.05) is 18.7 Å². The minimum absolute atomic E-state index is 0.123. The number of rotatable bonds is 8. The van der Waals surface area contributed by atoms with Gasteiger partial charge in [0.1, 0.15) is 0 Å². The fourth-order valence-corrected chi connectivity index (χ4v) is 8.24. The van der Waals surface area contributed by atoms with Gasteiger partial charge in [-0.25, -0.2) is 16.8 Å². The topological polar surface area (TPSA) is 109 Å². The minimum Gasteiger partial charge on any atom is -0.278 e. The summed E-state index contributed by atoms with van der Waals surface area (Å²) < 4.78 is 55.6. The number of fused-ring (bicyclic) bond motifs is 1. The van der Waals surface area contributed by atoms with E-state index in [4.69, 9.17) is 0 Å². The van der Waals surface area contributed by atoms with Crippen LogP contribution in [0.2, 0.25) is 0 Å². The maximum Gasteiger partial charge on any atom is 0.260 e. The van der Waals surface area contributed by atoms with Crippen molar-refractivity contribution in [2.24, 2.45) is 0 Å². The molecule has 1 aliphatic rings. The summed E-state index contributed by atoms with van der Waals surface area (Å²) in [6.07, 6.45) is 0.490. The largest absolute Gasteiger partial charge is 0.278 e. The molecule has 3 aromatic carbocycles. The summed E-state index contributed by atoms with van der Waals surface area (Å²) in [7, 11) is -9.25. The molecule has 8 nitrogen and oxygen atoms in total. The average Bonchev–Trinajstić information content (AvgIpc) is 2.89. The molecule has 0 fully saturated rings. The smallest absolute Gasteiger partial charge is 0.260 e. The van der Waals surface area contributed by atoms with E-state index < -0.39 is 43.8 Å². The highest BCUT2D eigenvalue weighted by Gasteiger charge is 2.52. The summed E-state index contributed by atoms with van der Waals surface area (Å²) in [5, 5.41) is 0. The first-order valence-corrected chi connectivity index (χ1v) is 14.3. The van der Waals surface area contributed by atoms with Gasteiger partial charge in [-0.1, -0.05) is 65.2 Å². The quantitative estimate of drug-likeness (QED) is 0.416. The maximum absolute atomic E-state index is 13.8. The third-order valence-corrected chi connectivity index (χ3v) is 10.5. The van der Waals surface area contributed by atoms with E-state index in [1.165, 1.54) is 55.5 Å². The maximum atomic E-state index is 13.8. The Kier molecular flexibility index (Phi) is 6.87. The molecule has 10 heteroatoms. The first-order chi connectivity index (χ1) is 17.0. The Bertz CT molecular complexity index is 1440. The van der Waals surface area contributed by atoms with Crippen LogP contribution in [0, 0.1) is 0 Å². The fraction of sp³-hybridized carbons (Fsp3) is 0.231. The molecule has 0 N–H and O–H groups in total. The first-order valence-electron chi connectivity index (χ1n) is 11.4. The molecule has 36 heavy (non-hydrogen) atoms. The van der Waals surface area contributed by atoms with Gasteiger partial charge in [0.05, 0.1) is 15.2 Å². The van der Waals surface area contributed by atoms with Crippen LogP contribution < -0.4 is 0 Å². The van der Waals surface area contributed by atoms with Gasteiger partial charge >= 0.3 is 0 Å². The summed E-state index contributed by atoms with van der Waals surface area (Å²) in [5.74, 6) is -1.14. The molecule has 1 unspecified atom stereocenters. The lowest BCUT2D eigenvalue weighted by atomic mass is 9.75.